The molecule has 0 atom stereocenters. The Bertz CT molecular complexity index is 198. The molecule has 0 aliphatic carbocycles. The molecule has 0 heterocycles. The minimum Gasteiger partial charge on any atom is -0.357 e. The van der Waals surface area contributed by atoms with Gasteiger partial charge in [0.25, 0.3) is 0 Å². The predicted molar refractivity (Wildman–Crippen MR) is 76.7 cm³/mol. The van der Waals surface area contributed by atoms with Gasteiger partial charge in [-0.2, -0.15) is 0 Å². The summed E-state index contributed by atoms with van der Waals surface area (Å²) in [5.41, 5.74) is 0. The maximum Gasteiger partial charge on any atom is 0.191 e. The van der Waals surface area contributed by atoms with Gasteiger partial charge >= 0.3 is 0 Å². The van der Waals surface area contributed by atoms with Crippen LogP contribution in [0.25, 0.3) is 0 Å². The molecule has 0 saturated carbocycles. The average molecular weight is 242 g/mol. The Balaban J connectivity index is 3.90. The molecule has 0 aromatic carbocycles. The first-order valence-electron chi connectivity index (χ1n) is 6.91. The van der Waals surface area contributed by atoms with Crippen LogP contribution in [0.15, 0.2) is 4.99 Å². The van der Waals surface area contributed by atoms with E-state index >= 15 is 0 Å². The molecule has 0 saturated heterocycles. The van der Waals surface area contributed by atoms with Crippen LogP contribution in [-0.2, 0) is 0 Å². The summed E-state index contributed by atoms with van der Waals surface area (Å²) < 4.78 is 0. The van der Waals surface area contributed by atoms with Crippen LogP contribution in [0.4, 0.5) is 0 Å². The van der Waals surface area contributed by atoms with Crippen LogP contribution < -0.4 is 10.6 Å². The number of guanidine groups is 1. The third kappa shape index (κ3) is 8.98. The van der Waals surface area contributed by atoms with Crippen molar-refractivity contribution >= 4 is 5.96 Å². The molecule has 0 aromatic rings. The molecule has 0 rings (SSSR count). The number of aliphatic imine (C=N–C) groups is 1. The SMILES string of the molecule is CCNC(=NCCCN(CC)CC)NC(C)C. The van der Waals surface area contributed by atoms with Crippen molar-refractivity contribution in [2.24, 2.45) is 4.99 Å². The lowest BCUT2D eigenvalue weighted by Crippen LogP contribution is -2.41. The lowest BCUT2D eigenvalue weighted by molar-refractivity contribution is 0.302. The lowest BCUT2D eigenvalue weighted by Gasteiger charge is -2.17. The molecule has 0 unspecified atom stereocenters. The van der Waals surface area contributed by atoms with Crippen molar-refractivity contribution in [1.82, 2.24) is 15.5 Å². The lowest BCUT2D eigenvalue weighted by atomic mass is 10.3. The number of hydrogen-bond acceptors (Lipinski definition) is 2. The summed E-state index contributed by atoms with van der Waals surface area (Å²) >= 11 is 0. The first-order chi connectivity index (χ1) is 8.13. The molecular formula is C13H30N4. The van der Waals surface area contributed by atoms with Gasteiger partial charge in [0.1, 0.15) is 0 Å². The number of nitrogens with one attached hydrogen (secondary N) is 2. The monoisotopic (exact) mass is 242 g/mol. The largest absolute Gasteiger partial charge is 0.357 e. The van der Waals surface area contributed by atoms with E-state index in [9.17, 15) is 0 Å². The highest BCUT2D eigenvalue weighted by atomic mass is 15.2. The molecule has 0 bridgehead atoms. The van der Waals surface area contributed by atoms with Crippen molar-refractivity contribution < 1.29 is 0 Å². The van der Waals surface area contributed by atoms with Crippen molar-refractivity contribution in [3.05, 3.63) is 0 Å². The highest BCUT2D eigenvalue weighted by Crippen LogP contribution is 1.91. The van der Waals surface area contributed by atoms with E-state index in [1.165, 1.54) is 0 Å². The fourth-order valence-electron chi connectivity index (χ4n) is 1.62. The van der Waals surface area contributed by atoms with Gasteiger partial charge in [-0.1, -0.05) is 13.8 Å². The zero-order chi connectivity index (χ0) is 13.1. The Hall–Kier alpha value is -0.770. The van der Waals surface area contributed by atoms with Crippen LogP contribution in [0.3, 0.4) is 0 Å². The minimum absolute atomic E-state index is 0.426. The van der Waals surface area contributed by atoms with Crippen LogP contribution in [-0.4, -0.2) is 49.6 Å². The molecule has 0 fully saturated rings. The fraction of sp³-hybridized carbons (Fsp3) is 0.923. The Labute approximate surface area is 107 Å². The molecule has 0 radical (unpaired) electrons. The van der Waals surface area contributed by atoms with Crippen LogP contribution >= 0.6 is 0 Å². The molecule has 17 heavy (non-hydrogen) atoms. The summed E-state index contributed by atoms with van der Waals surface area (Å²) in [6, 6.07) is 0.426. The summed E-state index contributed by atoms with van der Waals surface area (Å²) in [6.45, 7) is 16.0. The number of rotatable bonds is 8. The minimum atomic E-state index is 0.426. The second-order valence-corrected chi connectivity index (χ2v) is 4.44. The molecule has 102 valence electrons. The Morgan fingerprint density at radius 3 is 2.29 bits per heavy atom. The van der Waals surface area contributed by atoms with E-state index in [1.807, 2.05) is 0 Å². The fourth-order valence-corrected chi connectivity index (χ4v) is 1.62. The van der Waals surface area contributed by atoms with Gasteiger partial charge in [0.2, 0.25) is 0 Å². The van der Waals surface area contributed by atoms with Crippen molar-refractivity contribution in [3.63, 3.8) is 0 Å². The first kappa shape index (κ1) is 16.2. The van der Waals surface area contributed by atoms with E-state index in [-0.39, 0.29) is 0 Å². The summed E-state index contributed by atoms with van der Waals surface area (Å²) in [7, 11) is 0. The molecule has 4 nitrogen and oxygen atoms in total. The zero-order valence-corrected chi connectivity index (χ0v) is 12.2. The predicted octanol–water partition coefficient (Wildman–Crippen LogP) is 1.68. The maximum absolute atomic E-state index is 4.56. The van der Waals surface area contributed by atoms with Gasteiger partial charge in [-0.3, -0.25) is 4.99 Å². The summed E-state index contributed by atoms with van der Waals surface area (Å²) in [5.74, 6) is 0.932. The molecule has 0 aromatic heterocycles. The third-order valence-electron chi connectivity index (χ3n) is 2.57. The van der Waals surface area contributed by atoms with Crippen LogP contribution in [0.2, 0.25) is 0 Å². The van der Waals surface area contributed by atoms with Crippen LogP contribution in [0.5, 0.6) is 0 Å². The van der Waals surface area contributed by atoms with E-state index in [4.69, 9.17) is 0 Å². The van der Waals surface area contributed by atoms with Crippen molar-refractivity contribution in [1.29, 1.82) is 0 Å². The average Bonchev–Trinajstić information content (AvgIpc) is 2.28. The Morgan fingerprint density at radius 1 is 1.18 bits per heavy atom. The van der Waals surface area contributed by atoms with Gasteiger partial charge in [-0.25, -0.2) is 0 Å². The molecule has 0 aliphatic heterocycles. The normalized spacial score (nSPS) is 12.3. The van der Waals surface area contributed by atoms with Gasteiger partial charge in [0.05, 0.1) is 0 Å². The van der Waals surface area contributed by atoms with E-state index in [2.05, 4.69) is 55.1 Å². The second-order valence-electron chi connectivity index (χ2n) is 4.44. The highest BCUT2D eigenvalue weighted by Gasteiger charge is 2.00. The Morgan fingerprint density at radius 2 is 1.82 bits per heavy atom. The number of hydrogen-bond donors (Lipinski definition) is 2. The molecular weight excluding hydrogens is 212 g/mol. The maximum atomic E-state index is 4.56. The Kier molecular flexibility index (Phi) is 9.92. The van der Waals surface area contributed by atoms with Crippen molar-refractivity contribution in [2.45, 2.75) is 47.1 Å². The van der Waals surface area contributed by atoms with Gasteiger partial charge in [0, 0.05) is 19.1 Å². The highest BCUT2D eigenvalue weighted by molar-refractivity contribution is 5.79. The number of nitrogens with zero attached hydrogens (tertiary/aromatic N) is 2. The van der Waals surface area contributed by atoms with E-state index < -0.39 is 0 Å². The van der Waals surface area contributed by atoms with Gasteiger partial charge in [0.15, 0.2) is 5.96 Å². The molecule has 2 N–H and O–H groups in total. The quantitative estimate of drug-likeness (QED) is 0.386. The smallest absolute Gasteiger partial charge is 0.191 e. The molecule has 4 heteroatoms. The summed E-state index contributed by atoms with van der Waals surface area (Å²) in [5, 5.41) is 6.58. The van der Waals surface area contributed by atoms with Gasteiger partial charge < -0.3 is 15.5 Å². The van der Waals surface area contributed by atoms with Crippen LogP contribution in [0.1, 0.15) is 41.0 Å². The van der Waals surface area contributed by atoms with Crippen molar-refractivity contribution in [2.75, 3.05) is 32.7 Å². The summed E-state index contributed by atoms with van der Waals surface area (Å²) in [6.07, 6.45) is 1.12. The zero-order valence-electron chi connectivity index (χ0n) is 12.2. The van der Waals surface area contributed by atoms with Gasteiger partial charge in [-0.15, -0.1) is 0 Å². The molecule has 0 spiro atoms. The van der Waals surface area contributed by atoms with E-state index in [0.29, 0.717) is 6.04 Å². The van der Waals surface area contributed by atoms with E-state index in [1.54, 1.807) is 0 Å². The summed E-state index contributed by atoms with van der Waals surface area (Å²) in [4.78, 5) is 6.99. The van der Waals surface area contributed by atoms with Crippen molar-refractivity contribution in [3.8, 4) is 0 Å². The topological polar surface area (TPSA) is 39.7 Å². The third-order valence-corrected chi connectivity index (χ3v) is 2.57. The first-order valence-corrected chi connectivity index (χ1v) is 6.91. The van der Waals surface area contributed by atoms with E-state index in [0.717, 1.165) is 45.1 Å². The molecule has 0 amide bonds. The van der Waals surface area contributed by atoms with Gasteiger partial charge in [-0.05, 0) is 46.8 Å². The standard InChI is InChI=1S/C13H30N4/c1-6-14-13(16-12(4)5)15-10-9-11-17(7-2)8-3/h12H,6-11H2,1-5H3,(H2,14,15,16). The molecule has 0 aliphatic rings. The second kappa shape index (κ2) is 10.4. The van der Waals surface area contributed by atoms with Crippen LogP contribution in [0, 0.1) is 0 Å².